The van der Waals surface area contributed by atoms with E-state index in [4.69, 9.17) is 4.74 Å². The fraction of sp³-hybridized carbons (Fsp3) is 1.00. The van der Waals surface area contributed by atoms with Crippen LogP contribution in [0.5, 0.6) is 0 Å². The predicted molar refractivity (Wildman–Crippen MR) is 53.8 cm³/mol. The monoisotopic (exact) mass is 183 g/mol. The minimum absolute atomic E-state index is 0.433. The number of fused-ring (bicyclic) bond motifs is 2. The van der Waals surface area contributed by atoms with Crippen molar-refractivity contribution < 1.29 is 4.74 Å². The summed E-state index contributed by atoms with van der Waals surface area (Å²) in [7, 11) is 2.28. The zero-order valence-corrected chi connectivity index (χ0v) is 9.05. The van der Waals surface area contributed by atoms with Gasteiger partial charge in [-0.05, 0) is 46.6 Å². The van der Waals surface area contributed by atoms with E-state index in [1.165, 1.54) is 25.7 Å². The first-order valence-corrected chi connectivity index (χ1v) is 5.50. The van der Waals surface area contributed by atoms with Crippen molar-refractivity contribution >= 4 is 0 Å². The van der Waals surface area contributed by atoms with Crippen LogP contribution < -0.4 is 0 Å². The molecule has 0 amide bonds. The average Bonchev–Trinajstić information content (AvgIpc) is 2.31. The van der Waals surface area contributed by atoms with Gasteiger partial charge < -0.3 is 4.74 Å². The second-order valence-electron chi connectivity index (χ2n) is 4.82. The molecule has 0 saturated carbocycles. The maximum atomic E-state index is 5.75. The summed E-state index contributed by atoms with van der Waals surface area (Å²) in [4.78, 5) is 2.57. The molecule has 2 fully saturated rings. The summed E-state index contributed by atoms with van der Waals surface area (Å²) in [6.07, 6.45) is 5.74. The molecular formula is C11H21NO. The number of hydrogen-bond donors (Lipinski definition) is 0. The van der Waals surface area contributed by atoms with Gasteiger partial charge in [-0.3, -0.25) is 4.90 Å². The summed E-state index contributed by atoms with van der Waals surface area (Å²) in [5.74, 6) is 0. The number of hydrogen-bond acceptors (Lipinski definition) is 2. The lowest BCUT2D eigenvalue weighted by atomic mass is 9.89. The smallest absolute Gasteiger partial charge is 0.0607 e. The standard InChI is InChI=1S/C11H21NO/c1-4-13-10-7-9-5-6-11(2,8-10)12(9)3/h9-10H,4-8H2,1-3H3/t9?,10?,11-/m1/s1. The third kappa shape index (κ3) is 1.50. The lowest BCUT2D eigenvalue weighted by Crippen LogP contribution is -2.50. The van der Waals surface area contributed by atoms with Crippen molar-refractivity contribution in [3.8, 4) is 0 Å². The van der Waals surface area contributed by atoms with E-state index in [2.05, 4.69) is 25.8 Å². The first-order chi connectivity index (χ1) is 6.15. The van der Waals surface area contributed by atoms with Crippen LogP contribution in [0, 0.1) is 0 Å². The molecule has 2 heterocycles. The van der Waals surface area contributed by atoms with Gasteiger partial charge in [-0.15, -0.1) is 0 Å². The van der Waals surface area contributed by atoms with Crippen molar-refractivity contribution in [2.24, 2.45) is 0 Å². The van der Waals surface area contributed by atoms with Gasteiger partial charge in [0.2, 0.25) is 0 Å². The van der Waals surface area contributed by atoms with Crippen molar-refractivity contribution in [1.82, 2.24) is 4.90 Å². The maximum absolute atomic E-state index is 5.75. The van der Waals surface area contributed by atoms with E-state index >= 15 is 0 Å². The van der Waals surface area contributed by atoms with Crippen LogP contribution in [-0.2, 0) is 4.74 Å². The molecule has 0 radical (unpaired) electrons. The minimum atomic E-state index is 0.433. The van der Waals surface area contributed by atoms with Gasteiger partial charge in [0.1, 0.15) is 0 Å². The normalized spacial score (nSPS) is 45.5. The summed E-state index contributed by atoms with van der Waals surface area (Å²) in [6, 6.07) is 0.787. The van der Waals surface area contributed by atoms with Gasteiger partial charge in [0.25, 0.3) is 0 Å². The van der Waals surface area contributed by atoms with Crippen molar-refractivity contribution in [2.45, 2.75) is 57.2 Å². The van der Waals surface area contributed by atoms with Crippen LogP contribution in [0.15, 0.2) is 0 Å². The molecule has 2 rings (SSSR count). The second kappa shape index (κ2) is 3.25. The predicted octanol–water partition coefficient (Wildman–Crippen LogP) is 2.04. The van der Waals surface area contributed by atoms with Gasteiger partial charge in [-0.1, -0.05) is 0 Å². The fourth-order valence-corrected chi connectivity index (χ4v) is 3.05. The zero-order valence-electron chi connectivity index (χ0n) is 9.05. The molecule has 0 aromatic carbocycles. The van der Waals surface area contributed by atoms with Crippen molar-refractivity contribution in [3.05, 3.63) is 0 Å². The molecule has 3 atom stereocenters. The van der Waals surface area contributed by atoms with Crippen LogP contribution in [0.3, 0.4) is 0 Å². The Morgan fingerprint density at radius 2 is 2.31 bits per heavy atom. The summed E-state index contributed by atoms with van der Waals surface area (Å²) in [5, 5.41) is 0. The number of rotatable bonds is 2. The van der Waals surface area contributed by atoms with Crippen LogP contribution in [0.25, 0.3) is 0 Å². The Bertz CT molecular complexity index is 195. The molecule has 2 saturated heterocycles. The summed E-state index contributed by atoms with van der Waals surface area (Å²) >= 11 is 0. The fourth-order valence-electron chi connectivity index (χ4n) is 3.05. The van der Waals surface area contributed by atoms with Gasteiger partial charge in [0.05, 0.1) is 6.10 Å². The molecule has 0 spiro atoms. The van der Waals surface area contributed by atoms with Crippen LogP contribution in [-0.4, -0.2) is 36.2 Å². The zero-order chi connectivity index (χ0) is 9.47. The number of nitrogens with zero attached hydrogens (tertiary/aromatic N) is 1. The average molecular weight is 183 g/mol. The highest BCUT2D eigenvalue weighted by molar-refractivity contribution is 5.02. The Morgan fingerprint density at radius 1 is 1.54 bits per heavy atom. The van der Waals surface area contributed by atoms with Crippen LogP contribution in [0.1, 0.15) is 39.5 Å². The number of ether oxygens (including phenoxy) is 1. The molecule has 2 bridgehead atoms. The Labute approximate surface area is 81.3 Å². The SMILES string of the molecule is CCOC1CC2CC[C@](C)(C1)N2C. The number of piperidine rings is 1. The molecule has 2 nitrogen and oxygen atoms in total. The lowest BCUT2D eigenvalue weighted by Gasteiger charge is -2.43. The molecular weight excluding hydrogens is 162 g/mol. The van der Waals surface area contributed by atoms with Crippen molar-refractivity contribution in [1.29, 1.82) is 0 Å². The summed E-state index contributed by atoms with van der Waals surface area (Å²) in [6.45, 7) is 5.36. The molecule has 76 valence electrons. The molecule has 2 aliphatic heterocycles. The van der Waals surface area contributed by atoms with Gasteiger partial charge in [0.15, 0.2) is 0 Å². The first kappa shape index (κ1) is 9.47. The van der Waals surface area contributed by atoms with Gasteiger partial charge in [-0.25, -0.2) is 0 Å². The van der Waals surface area contributed by atoms with Crippen LogP contribution in [0.2, 0.25) is 0 Å². The molecule has 0 N–H and O–H groups in total. The molecule has 0 aromatic rings. The molecule has 0 aromatic heterocycles. The highest BCUT2D eigenvalue weighted by atomic mass is 16.5. The van der Waals surface area contributed by atoms with Crippen molar-refractivity contribution in [2.75, 3.05) is 13.7 Å². The summed E-state index contributed by atoms with van der Waals surface area (Å²) in [5.41, 5.74) is 0.433. The Kier molecular flexibility index (Phi) is 2.37. The van der Waals surface area contributed by atoms with E-state index in [0.29, 0.717) is 11.6 Å². The Morgan fingerprint density at radius 3 is 2.92 bits per heavy atom. The highest BCUT2D eigenvalue weighted by Crippen LogP contribution is 2.43. The Hall–Kier alpha value is -0.0800. The van der Waals surface area contributed by atoms with Gasteiger partial charge >= 0.3 is 0 Å². The Balaban J connectivity index is 2.05. The van der Waals surface area contributed by atoms with E-state index in [1.807, 2.05) is 0 Å². The molecule has 0 aliphatic carbocycles. The van der Waals surface area contributed by atoms with E-state index in [0.717, 1.165) is 12.6 Å². The third-order valence-electron chi connectivity index (χ3n) is 4.02. The quantitative estimate of drug-likeness (QED) is 0.649. The van der Waals surface area contributed by atoms with E-state index in [1.54, 1.807) is 0 Å². The third-order valence-corrected chi connectivity index (χ3v) is 4.02. The van der Waals surface area contributed by atoms with E-state index in [9.17, 15) is 0 Å². The lowest BCUT2D eigenvalue weighted by molar-refractivity contribution is -0.0357. The van der Waals surface area contributed by atoms with Crippen LogP contribution >= 0.6 is 0 Å². The molecule has 13 heavy (non-hydrogen) atoms. The van der Waals surface area contributed by atoms with Gasteiger partial charge in [-0.2, -0.15) is 0 Å². The van der Waals surface area contributed by atoms with E-state index < -0.39 is 0 Å². The second-order valence-corrected chi connectivity index (χ2v) is 4.82. The van der Waals surface area contributed by atoms with Gasteiger partial charge in [0, 0.05) is 18.2 Å². The highest BCUT2D eigenvalue weighted by Gasteiger charge is 2.46. The molecule has 2 heteroatoms. The van der Waals surface area contributed by atoms with E-state index in [-0.39, 0.29) is 0 Å². The maximum Gasteiger partial charge on any atom is 0.0607 e. The van der Waals surface area contributed by atoms with Crippen LogP contribution in [0.4, 0.5) is 0 Å². The first-order valence-electron chi connectivity index (χ1n) is 5.50. The molecule has 2 unspecified atom stereocenters. The summed E-state index contributed by atoms with van der Waals surface area (Å²) < 4.78 is 5.75. The largest absolute Gasteiger partial charge is 0.378 e. The molecule has 2 aliphatic rings. The minimum Gasteiger partial charge on any atom is -0.378 e. The van der Waals surface area contributed by atoms with Crippen molar-refractivity contribution in [3.63, 3.8) is 0 Å². The topological polar surface area (TPSA) is 12.5 Å².